The van der Waals surface area contributed by atoms with Crippen molar-refractivity contribution in [2.75, 3.05) is 11.9 Å². The van der Waals surface area contributed by atoms with Gasteiger partial charge in [0.25, 0.3) is 5.91 Å². The summed E-state index contributed by atoms with van der Waals surface area (Å²) < 4.78 is 7.09. The molecule has 1 atom stereocenters. The summed E-state index contributed by atoms with van der Waals surface area (Å²) in [5.41, 5.74) is 0.885. The number of carbonyl (C=O) groups excluding carboxylic acids is 1. The molecule has 2 aromatic rings. The van der Waals surface area contributed by atoms with Crippen LogP contribution in [0.25, 0.3) is 5.69 Å². The Labute approximate surface area is 117 Å². The van der Waals surface area contributed by atoms with Crippen LogP contribution in [0.2, 0.25) is 0 Å². The number of carbonyl (C=O) groups is 1. The van der Waals surface area contributed by atoms with E-state index < -0.39 is 0 Å². The van der Waals surface area contributed by atoms with Crippen LogP contribution in [0, 0.1) is 0 Å². The first-order valence-corrected chi connectivity index (χ1v) is 6.57. The average molecular weight is 274 g/mol. The smallest absolute Gasteiger partial charge is 0.252 e. The van der Waals surface area contributed by atoms with E-state index in [-0.39, 0.29) is 18.6 Å². The molecule has 0 saturated heterocycles. The highest BCUT2D eigenvalue weighted by Crippen LogP contribution is 2.12. The number of ether oxygens (including phenoxy) is 1. The molecule has 1 amide bonds. The largest absolute Gasteiger partial charge is 0.369 e. The van der Waals surface area contributed by atoms with Gasteiger partial charge in [0.05, 0.1) is 11.8 Å². The normalized spacial score (nSPS) is 12.1. The van der Waals surface area contributed by atoms with Gasteiger partial charge in [-0.3, -0.25) is 14.7 Å². The Bertz CT molecular complexity index is 553. The van der Waals surface area contributed by atoms with E-state index in [1.165, 1.54) is 0 Å². The third-order valence-corrected chi connectivity index (χ3v) is 2.91. The number of nitrogens with one attached hydrogen (secondary N) is 1. The summed E-state index contributed by atoms with van der Waals surface area (Å²) in [5.74, 6) is 0.143. The molecule has 0 aliphatic carbocycles. The molecule has 0 spiro atoms. The summed E-state index contributed by atoms with van der Waals surface area (Å²) in [6.07, 6.45) is 2.49. The van der Waals surface area contributed by atoms with E-state index in [9.17, 15) is 4.79 Å². The van der Waals surface area contributed by atoms with E-state index >= 15 is 0 Å². The molecule has 6 nitrogen and oxygen atoms in total. The number of benzene rings is 1. The first-order chi connectivity index (χ1) is 9.70. The fourth-order valence-electron chi connectivity index (χ4n) is 1.59. The predicted octanol–water partition coefficient (Wildman–Crippen LogP) is 2.02. The van der Waals surface area contributed by atoms with Gasteiger partial charge < -0.3 is 4.74 Å². The second-order valence-electron chi connectivity index (χ2n) is 4.44. The number of nitrogens with zero attached hydrogens (tertiary/aromatic N) is 3. The minimum Gasteiger partial charge on any atom is -0.369 e. The summed E-state index contributed by atoms with van der Waals surface area (Å²) in [7, 11) is 0. The molecule has 1 N–H and O–H groups in total. The lowest BCUT2D eigenvalue weighted by Crippen LogP contribution is -2.23. The van der Waals surface area contributed by atoms with E-state index in [2.05, 4.69) is 15.5 Å². The first kappa shape index (κ1) is 14.2. The van der Waals surface area contributed by atoms with Gasteiger partial charge in [-0.15, -0.1) is 10.2 Å². The molecular formula is C14H18N4O2. The predicted molar refractivity (Wildman–Crippen MR) is 75.7 cm³/mol. The number of hydrogen-bond donors (Lipinski definition) is 1. The van der Waals surface area contributed by atoms with Gasteiger partial charge in [0.1, 0.15) is 12.9 Å². The molecule has 0 aliphatic heterocycles. The second-order valence-corrected chi connectivity index (χ2v) is 4.44. The Hall–Kier alpha value is -2.21. The van der Waals surface area contributed by atoms with E-state index in [1.54, 1.807) is 10.9 Å². The topological polar surface area (TPSA) is 69.0 Å². The van der Waals surface area contributed by atoms with Gasteiger partial charge in [-0.1, -0.05) is 25.1 Å². The number of aromatic nitrogens is 3. The number of amides is 1. The van der Waals surface area contributed by atoms with Crippen molar-refractivity contribution in [1.29, 1.82) is 0 Å². The maximum Gasteiger partial charge on any atom is 0.252 e. The van der Waals surface area contributed by atoms with Crippen LogP contribution in [0.3, 0.4) is 0 Å². The van der Waals surface area contributed by atoms with Gasteiger partial charge in [0.15, 0.2) is 0 Å². The van der Waals surface area contributed by atoms with Gasteiger partial charge in [0, 0.05) is 0 Å². The Balaban J connectivity index is 2.01. The molecule has 6 heteroatoms. The molecule has 1 aromatic carbocycles. The zero-order valence-electron chi connectivity index (χ0n) is 11.6. The number of rotatable bonds is 6. The highest BCUT2D eigenvalue weighted by atomic mass is 16.5. The third-order valence-electron chi connectivity index (χ3n) is 2.91. The number of hydrogen-bond acceptors (Lipinski definition) is 4. The zero-order valence-corrected chi connectivity index (χ0v) is 11.6. The van der Waals surface area contributed by atoms with Gasteiger partial charge in [0.2, 0.25) is 5.95 Å². The van der Waals surface area contributed by atoms with Crippen LogP contribution in [0.1, 0.15) is 20.3 Å². The van der Waals surface area contributed by atoms with Crippen molar-refractivity contribution in [2.45, 2.75) is 26.4 Å². The molecule has 1 aromatic heterocycles. The van der Waals surface area contributed by atoms with E-state index in [1.807, 2.05) is 44.2 Å². The Kier molecular flexibility index (Phi) is 4.84. The molecule has 0 radical (unpaired) electrons. The van der Waals surface area contributed by atoms with Crippen molar-refractivity contribution >= 4 is 11.9 Å². The Morgan fingerprint density at radius 1 is 1.40 bits per heavy atom. The van der Waals surface area contributed by atoms with Gasteiger partial charge in [-0.05, 0) is 25.5 Å². The summed E-state index contributed by atoms with van der Waals surface area (Å²) in [4.78, 5) is 11.8. The summed E-state index contributed by atoms with van der Waals surface area (Å²) >= 11 is 0. The molecule has 2 rings (SSSR count). The van der Waals surface area contributed by atoms with E-state index in [4.69, 9.17) is 4.74 Å². The summed E-state index contributed by atoms with van der Waals surface area (Å²) in [6, 6.07) is 9.56. The van der Waals surface area contributed by atoms with Crippen LogP contribution in [0.15, 0.2) is 36.7 Å². The summed E-state index contributed by atoms with van der Waals surface area (Å²) in [5, 5.41) is 10.4. The number of anilines is 1. The maximum atomic E-state index is 11.8. The molecule has 0 aliphatic rings. The lowest BCUT2D eigenvalue weighted by atomic mass is 10.3. The quantitative estimate of drug-likeness (QED) is 0.875. The van der Waals surface area contributed by atoms with E-state index in [0.717, 1.165) is 12.1 Å². The van der Waals surface area contributed by atoms with E-state index in [0.29, 0.717) is 5.95 Å². The molecule has 0 fully saturated rings. The second kappa shape index (κ2) is 6.81. The van der Waals surface area contributed by atoms with Crippen molar-refractivity contribution in [2.24, 2.45) is 0 Å². The minimum atomic E-state index is -0.240. The van der Waals surface area contributed by atoms with Crippen LogP contribution >= 0.6 is 0 Å². The highest BCUT2D eigenvalue weighted by molar-refractivity contribution is 5.90. The van der Waals surface area contributed by atoms with Crippen molar-refractivity contribution in [1.82, 2.24) is 14.8 Å². The highest BCUT2D eigenvalue weighted by Gasteiger charge is 2.11. The zero-order chi connectivity index (χ0) is 14.4. The van der Waals surface area contributed by atoms with Crippen LogP contribution in [0.5, 0.6) is 0 Å². The SMILES string of the molecule is CC[C@H](C)OCC(=O)Nc1nncn1-c1ccccc1. The number of para-hydroxylation sites is 1. The van der Waals surface area contributed by atoms with Crippen molar-refractivity contribution in [3.8, 4) is 5.69 Å². The standard InChI is InChI=1S/C14H18N4O2/c1-3-11(2)20-9-13(19)16-14-17-15-10-18(14)12-7-5-4-6-8-12/h4-8,10-11H,3,9H2,1-2H3,(H,16,17,19)/t11-/m0/s1. The van der Waals surface area contributed by atoms with Crippen molar-refractivity contribution in [3.63, 3.8) is 0 Å². The lowest BCUT2D eigenvalue weighted by Gasteiger charge is -2.11. The van der Waals surface area contributed by atoms with Gasteiger partial charge in [-0.2, -0.15) is 0 Å². The van der Waals surface area contributed by atoms with Crippen LogP contribution in [-0.4, -0.2) is 33.4 Å². The summed E-state index contributed by atoms with van der Waals surface area (Å²) in [6.45, 7) is 3.95. The molecule has 0 unspecified atom stereocenters. The molecule has 20 heavy (non-hydrogen) atoms. The molecular weight excluding hydrogens is 256 g/mol. The van der Waals surface area contributed by atoms with Crippen molar-refractivity contribution in [3.05, 3.63) is 36.7 Å². The van der Waals surface area contributed by atoms with Crippen molar-refractivity contribution < 1.29 is 9.53 Å². The molecule has 106 valence electrons. The van der Waals surface area contributed by atoms with Crippen LogP contribution in [-0.2, 0) is 9.53 Å². The van der Waals surface area contributed by atoms with Gasteiger partial charge in [-0.25, -0.2) is 0 Å². The molecule has 1 heterocycles. The first-order valence-electron chi connectivity index (χ1n) is 6.57. The monoisotopic (exact) mass is 274 g/mol. The maximum absolute atomic E-state index is 11.8. The Morgan fingerprint density at radius 2 is 2.15 bits per heavy atom. The molecule has 0 bridgehead atoms. The average Bonchev–Trinajstić information content (AvgIpc) is 2.93. The Morgan fingerprint density at radius 3 is 2.85 bits per heavy atom. The minimum absolute atomic E-state index is 0.0106. The molecule has 0 saturated carbocycles. The van der Waals surface area contributed by atoms with Crippen LogP contribution in [0.4, 0.5) is 5.95 Å². The van der Waals surface area contributed by atoms with Gasteiger partial charge >= 0.3 is 0 Å². The van der Waals surface area contributed by atoms with Crippen LogP contribution < -0.4 is 5.32 Å². The fourth-order valence-corrected chi connectivity index (χ4v) is 1.59. The lowest BCUT2D eigenvalue weighted by molar-refractivity contribution is -0.122. The fraction of sp³-hybridized carbons (Fsp3) is 0.357. The third kappa shape index (κ3) is 3.64.